The van der Waals surface area contributed by atoms with E-state index in [4.69, 9.17) is 5.11 Å². The maximum Gasteiger partial charge on any atom is 0.234 e. The third kappa shape index (κ3) is 5.26. The van der Waals surface area contributed by atoms with Crippen molar-refractivity contribution in [1.82, 2.24) is 10.6 Å². The number of carbonyl (C=O) groups is 1. The van der Waals surface area contributed by atoms with Crippen LogP contribution in [0, 0.1) is 0 Å². The molecule has 0 aliphatic rings. The molecule has 4 heteroatoms. The summed E-state index contributed by atoms with van der Waals surface area (Å²) in [7, 11) is 0. The Morgan fingerprint density at radius 2 is 2.33 bits per heavy atom. The lowest BCUT2D eigenvalue weighted by atomic mass is 10.5. The lowest BCUT2D eigenvalue weighted by Crippen LogP contribution is -2.33. The first-order valence-electron chi connectivity index (χ1n) is 2.89. The zero-order valence-corrected chi connectivity index (χ0v) is 5.48. The molecule has 0 aliphatic heterocycles. The molecule has 0 saturated carbocycles. The second-order valence-electron chi connectivity index (χ2n) is 1.54. The molecule has 9 heavy (non-hydrogen) atoms. The van der Waals surface area contributed by atoms with Crippen LogP contribution in [0.3, 0.4) is 0 Å². The summed E-state index contributed by atoms with van der Waals surface area (Å²) in [4.78, 5) is 10.5. The van der Waals surface area contributed by atoms with Crippen LogP contribution < -0.4 is 10.6 Å². The van der Waals surface area contributed by atoms with Crippen LogP contribution in [-0.2, 0) is 4.79 Å². The van der Waals surface area contributed by atoms with E-state index in [0.717, 1.165) is 0 Å². The molecule has 0 rings (SSSR count). The molecule has 0 aromatic rings. The monoisotopic (exact) mass is 132 g/mol. The van der Waals surface area contributed by atoms with Crippen molar-refractivity contribution in [2.75, 3.05) is 19.8 Å². The van der Waals surface area contributed by atoms with Gasteiger partial charge in [-0.1, -0.05) is 0 Å². The molecular weight excluding hydrogens is 120 g/mol. The van der Waals surface area contributed by atoms with Crippen LogP contribution in [-0.4, -0.2) is 30.8 Å². The van der Waals surface area contributed by atoms with E-state index in [2.05, 4.69) is 10.6 Å². The number of amides is 1. The topological polar surface area (TPSA) is 61.4 Å². The third-order valence-electron chi connectivity index (χ3n) is 0.771. The summed E-state index contributed by atoms with van der Waals surface area (Å²) in [5, 5.41) is 13.2. The molecule has 0 radical (unpaired) electrons. The van der Waals surface area contributed by atoms with Gasteiger partial charge in [0, 0.05) is 6.54 Å². The van der Waals surface area contributed by atoms with Crippen molar-refractivity contribution in [1.29, 1.82) is 0 Å². The Labute approximate surface area is 54.3 Å². The van der Waals surface area contributed by atoms with Crippen molar-refractivity contribution in [3.8, 4) is 0 Å². The van der Waals surface area contributed by atoms with Crippen LogP contribution in [0.5, 0.6) is 0 Å². The molecule has 0 aliphatic carbocycles. The number of aliphatic hydroxyl groups is 1. The van der Waals surface area contributed by atoms with Crippen LogP contribution in [0.15, 0.2) is 0 Å². The predicted molar refractivity (Wildman–Crippen MR) is 33.8 cm³/mol. The predicted octanol–water partition coefficient (Wildman–Crippen LogP) is -1.34. The average Bonchev–Trinajstić information content (AvgIpc) is 1.85. The Morgan fingerprint density at radius 1 is 1.67 bits per heavy atom. The van der Waals surface area contributed by atoms with Crippen molar-refractivity contribution >= 4 is 5.91 Å². The largest absolute Gasteiger partial charge is 0.381 e. The molecule has 0 fully saturated rings. The Balaban J connectivity index is 3.06. The first-order chi connectivity index (χ1) is 4.31. The minimum absolute atomic E-state index is 0.0912. The molecule has 0 bridgehead atoms. The van der Waals surface area contributed by atoms with E-state index in [0.29, 0.717) is 6.54 Å². The Hall–Kier alpha value is -0.610. The van der Waals surface area contributed by atoms with Crippen molar-refractivity contribution in [3.63, 3.8) is 0 Å². The van der Waals surface area contributed by atoms with Crippen molar-refractivity contribution in [2.24, 2.45) is 0 Å². The second kappa shape index (κ2) is 5.53. The van der Waals surface area contributed by atoms with Gasteiger partial charge < -0.3 is 10.4 Å². The van der Waals surface area contributed by atoms with Gasteiger partial charge >= 0.3 is 0 Å². The summed E-state index contributed by atoms with van der Waals surface area (Å²) in [6, 6.07) is 0. The summed E-state index contributed by atoms with van der Waals surface area (Å²) in [5.41, 5.74) is 0. The highest BCUT2D eigenvalue weighted by Gasteiger charge is 1.94. The van der Waals surface area contributed by atoms with Gasteiger partial charge in [0.1, 0.15) is 0 Å². The highest BCUT2D eigenvalue weighted by Crippen LogP contribution is 1.60. The van der Waals surface area contributed by atoms with Gasteiger partial charge in [0.15, 0.2) is 0 Å². The summed E-state index contributed by atoms with van der Waals surface area (Å²) in [6.45, 7) is 2.50. The van der Waals surface area contributed by atoms with Crippen LogP contribution in [0.2, 0.25) is 0 Å². The molecule has 0 atom stereocenters. The lowest BCUT2D eigenvalue weighted by molar-refractivity contribution is -0.120. The van der Waals surface area contributed by atoms with Gasteiger partial charge in [0.25, 0.3) is 0 Å². The molecule has 54 valence electrons. The summed E-state index contributed by atoms with van der Waals surface area (Å²) < 4.78 is 0. The molecular formula is C5H12N2O2. The summed E-state index contributed by atoms with van der Waals surface area (Å²) >= 11 is 0. The molecule has 0 heterocycles. The molecule has 0 aromatic heterocycles. The molecule has 3 N–H and O–H groups in total. The van der Waals surface area contributed by atoms with E-state index in [1.807, 2.05) is 6.92 Å². The molecule has 0 saturated heterocycles. The lowest BCUT2D eigenvalue weighted by Gasteiger charge is -1.99. The van der Waals surface area contributed by atoms with Gasteiger partial charge in [-0.3, -0.25) is 10.1 Å². The Kier molecular flexibility index (Phi) is 5.15. The highest BCUT2D eigenvalue weighted by molar-refractivity contribution is 5.77. The van der Waals surface area contributed by atoms with Crippen LogP contribution in [0.1, 0.15) is 6.92 Å². The summed E-state index contributed by atoms with van der Waals surface area (Å²) in [5.74, 6) is -0.0912. The summed E-state index contributed by atoms with van der Waals surface area (Å²) in [6.07, 6.45) is 0. The SMILES string of the molecule is CCNC(=O)CNCO. The fourth-order valence-corrected chi connectivity index (χ4v) is 0.429. The number of likely N-dealkylation sites (N-methyl/N-ethyl adjacent to an activating group) is 1. The van der Waals surface area contributed by atoms with E-state index in [-0.39, 0.29) is 19.2 Å². The van der Waals surface area contributed by atoms with Gasteiger partial charge in [0.05, 0.1) is 13.3 Å². The number of aliphatic hydroxyl groups excluding tert-OH is 1. The smallest absolute Gasteiger partial charge is 0.234 e. The zero-order chi connectivity index (χ0) is 7.11. The number of carbonyl (C=O) groups excluding carboxylic acids is 1. The Morgan fingerprint density at radius 3 is 2.78 bits per heavy atom. The van der Waals surface area contributed by atoms with E-state index < -0.39 is 0 Å². The fraction of sp³-hybridized carbons (Fsp3) is 0.800. The number of rotatable bonds is 4. The van der Waals surface area contributed by atoms with Gasteiger partial charge in [0.2, 0.25) is 5.91 Å². The molecule has 0 unspecified atom stereocenters. The zero-order valence-electron chi connectivity index (χ0n) is 5.48. The standard InChI is InChI=1S/C5H12N2O2/c1-2-7-5(9)3-6-4-8/h6,8H,2-4H2,1H3,(H,7,9). The quantitative estimate of drug-likeness (QED) is 0.415. The van der Waals surface area contributed by atoms with Gasteiger partial charge in [-0.05, 0) is 6.92 Å². The van der Waals surface area contributed by atoms with E-state index >= 15 is 0 Å². The van der Waals surface area contributed by atoms with E-state index in [1.54, 1.807) is 0 Å². The fourth-order valence-electron chi connectivity index (χ4n) is 0.429. The number of hydrogen-bond acceptors (Lipinski definition) is 3. The van der Waals surface area contributed by atoms with Crippen molar-refractivity contribution < 1.29 is 9.90 Å². The normalized spacial score (nSPS) is 9.11. The molecule has 0 aromatic carbocycles. The van der Waals surface area contributed by atoms with Crippen molar-refractivity contribution in [3.05, 3.63) is 0 Å². The second-order valence-corrected chi connectivity index (χ2v) is 1.54. The molecule has 1 amide bonds. The highest BCUT2D eigenvalue weighted by atomic mass is 16.3. The molecule has 0 spiro atoms. The van der Waals surface area contributed by atoms with Crippen LogP contribution in [0.4, 0.5) is 0 Å². The maximum absolute atomic E-state index is 10.5. The van der Waals surface area contributed by atoms with Crippen LogP contribution >= 0.6 is 0 Å². The average molecular weight is 132 g/mol. The maximum atomic E-state index is 10.5. The van der Waals surface area contributed by atoms with E-state index in [1.165, 1.54) is 0 Å². The first kappa shape index (κ1) is 8.39. The van der Waals surface area contributed by atoms with Crippen LogP contribution in [0.25, 0.3) is 0 Å². The third-order valence-corrected chi connectivity index (χ3v) is 0.771. The first-order valence-corrected chi connectivity index (χ1v) is 2.89. The van der Waals surface area contributed by atoms with Gasteiger partial charge in [-0.2, -0.15) is 0 Å². The minimum Gasteiger partial charge on any atom is -0.381 e. The minimum atomic E-state index is -0.156. The van der Waals surface area contributed by atoms with E-state index in [9.17, 15) is 4.79 Å². The number of hydrogen-bond donors (Lipinski definition) is 3. The Bertz CT molecular complexity index is 85.0. The van der Waals surface area contributed by atoms with Gasteiger partial charge in [-0.15, -0.1) is 0 Å². The van der Waals surface area contributed by atoms with Gasteiger partial charge in [-0.25, -0.2) is 0 Å². The van der Waals surface area contributed by atoms with Crippen molar-refractivity contribution in [2.45, 2.75) is 6.92 Å². The number of nitrogens with one attached hydrogen (secondary N) is 2. The molecule has 4 nitrogen and oxygen atoms in total.